The minimum Gasteiger partial charge on any atom is -0.375 e. The third kappa shape index (κ3) is 2.88. The zero-order chi connectivity index (χ0) is 13.3. The molecule has 0 bridgehead atoms. The van der Waals surface area contributed by atoms with E-state index in [2.05, 4.69) is 5.18 Å². The van der Waals surface area contributed by atoms with Crippen molar-refractivity contribution in [3.63, 3.8) is 0 Å². The highest BCUT2D eigenvalue weighted by Gasteiger charge is 2.55. The molecule has 0 radical (unpaired) electrons. The second-order valence-electron chi connectivity index (χ2n) is 3.30. The van der Waals surface area contributed by atoms with Gasteiger partial charge in [-0.05, 0) is 23.8 Å². The second kappa shape index (κ2) is 4.80. The minimum atomic E-state index is -5.06. The molecule has 0 aliphatic carbocycles. The fourth-order valence-electron chi connectivity index (χ4n) is 1.23. The zero-order valence-corrected chi connectivity index (χ0v) is 9.64. The summed E-state index contributed by atoms with van der Waals surface area (Å²) in [5.41, 5.74) is -4.01. The number of hydrogen-bond acceptors (Lipinski definition) is 3. The van der Waals surface area contributed by atoms with Gasteiger partial charge in [-0.15, -0.1) is 0 Å². The maximum Gasteiger partial charge on any atom is 0.423 e. The van der Waals surface area contributed by atoms with Gasteiger partial charge in [0, 0.05) is 10.0 Å². The predicted octanol–water partition coefficient (Wildman–Crippen LogP) is 3.51. The Morgan fingerprint density at radius 1 is 1.18 bits per heavy atom. The van der Waals surface area contributed by atoms with Crippen molar-refractivity contribution < 1.29 is 18.3 Å². The first-order valence-corrected chi connectivity index (χ1v) is 5.01. The van der Waals surface area contributed by atoms with E-state index in [4.69, 9.17) is 23.2 Å². The molecular formula is C9H6Cl2F3NO2. The molecule has 3 nitrogen and oxygen atoms in total. The van der Waals surface area contributed by atoms with Gasteiger partial charge in [0.1, 0.15) is 6.54 Å². The van der Waals surface area contributed by atoms with Crippen LogP contribution in [0.1, 0.15) is 5.56 Å². The maximum absolute atomic E-state index is 12.7. The van der Waals surface area contributed by atoms with Crippen LogP contribution in [0.15, 0.2) is 23.4 Å². The zero-order valence-electron chi connectivity index (χ0n) is 8.13. The van der Waals surface area contributed by atoms with Crippen molar-refractivity contribution in [1.82, 2.24) is 0 Å². The van der Waals surface area contributed by atoms with Crippen molar-refractivity contribution in [3.8, 4) is 0 Å². The van der Waals surface area contributed by atoms with E-state index < -0.39 is 23.9 Å². The number of aliphatic hydroxyl groups is 1. The third-order valence-electron chi connectivity index (χ3n) is 2.10. The molecule has 0 aromatic heterocycles. The molecule has 1 aromatic carbocycles. The quantitative estimate of drug-likeness (QED) is 0.865. The lowest BCUT2D eigenvalue weighted by molar-refractivity contribution is -0.262. The van der Waals surface area contributed by atoms with Gasteiger partial charge in [-0.2, -0.15) is 18.1 Å². The predicted molar refractivity (Wildman–Crippen MR) is 57.1 cm³/mol. The smallest absolute Gasteiger partial charge is 0.375 e. The molecule has 1 unspecified atom stereocenters. The third-order valence-corrected chi connectivity index (χ3v) is 2.54. The van der Waals surface area contributed by atoms with Crippen LogP contribution >= 0.6 is 23.2 Å². The Hall–Kier alpha value is -0.850. The molecule has 1 aromatic rings. The Morgan fingerprint density at radius 3 is 2.00 bits per heavy atom. The maximum atomic E-state index is 12.7. The normalized spacial score (nSPS) is 15.4. The molecule has 0 amide bonds. The van der Waals surface area contributed by atoms with Crippen molar-refractivity contribution in [2.24, 2.45) is 5.18 Å². The van der Waals surface area contributed by atoms with Crippen LogP contribution in [0.4, 0.5) is 13.2 Å². The summed E-state index contributed by atoms with van der Waals surface area (Å²) >= 11 is 11.1. The summed E-state index contributed by atoms with van der Waals surface area (Å²) < 4.78 is 38.1. The van der Waals surface area contributed by atoms with Gasteiger partial charge in [-0.25, -0.2) is 0 Å². The molecule has 0 aliphatic heterocycles. The number of rotatable bonds is 3. The van der Waals surface area contributed by atoms with Gasteiger partial charge in [0.2, 0.25) is 5.60 Å². The number of alkyl halides is 3. The highest BCUT2D eigenvalue weighted by Crippen LogP contribution is 2.40. The number of nitroso groups, excluding NO2 is 1. The number of nitrogens with zero attached hydrogens (tertiary/aromatic N) is 1. The molecule has 0 saturated carbocycles. The average molecular weight is 288 g/mol. The Balaban J connectivity index is 3.37. The van der Waals surface area contributed by atoms with Gasteiger partial charge < -0.3 is 5.11 Å². The molecule has 1 atom stereocenters. The lowest BCUT2D eigenvalue weighted by Crippen LogP contribution is -2.44. The molecule has 17 heavy (non-hydrogen) atoms. The molecule has 1 rings (SSSR count). The summed E-state index contributed by atoms with van der Waals surface area (Å²) in [4.78, 5) is 10.0. The van der Waals surface area contributed by atoms with Gasteiger partial charge in [-0.1, -0.05) is 28.4 Å². The van der Waals surface area contributed by atoms with Gasteiger partial charge in [-0.3, -0.25) is 0 Å². The van der Waals surface area contributed by atoms with Crippen molar-refractivity contribution in [2.45, 2.75) is 11.8 Å². The van der Waals surface area contributed by atoms with Crippen LogP contribution in [-0.2, 0) is 5.60 Å². The van der Waals surface area contributed by atoms with E-state index in [0.717, 1.165) is 12.1 Å². The monoisotopic (exact) mass is 287 g/mol. The topological polar surface area (TPSA) is 49.7 Å². The Kier molecular flexibility index (Phi) is 4.01. The van der Waals surface area contributed by atoms with Gasteiger partial charge in [0.15, 0.2) is 0 Å². The van der Waals surface area contributed by atoms with E-state index >= 15 is 0 Å². The van der Waals surface area contributed by atoms with Crippen molar-refractivity contribution >= 4 is 23.2 Å². The molecule has 1 N–H and O–H groups in total. The fraction of sp³-hybridized carbons (Fsp3) is 0.333. The van der Waals surface area contributed by atoms with Crippen LogP contribution < -0.4 is 0 Å². The molecule has 94 valence electrons. The average Bonchev–Trinajstić information content (AvgIpc) is 2.14. The molecule has 0 saturated heterocycles. The van der Waals surface area contributed by atoms with Crippen molar-refractivity contribution in [1.29, 1.82) is 0 Å². The van der Waals surface area contributed by atoms with Gasteiger partial charge >= 0.3 is 6.18 Å². The number of hydrogen-bond donors (Lipinski definition) is 1. The Labute approximate surface area is 104 Å². The van der Waals surface area contributed by atoms with Crippen molar-refractivity contribution in [2.75, 3.05) is 6.54 Å². The summed E-state index contributed by atoms with van der Waals surface area (Å²) in [6, 6.07) is 2.97. The largest absolute Gasteiger partial charge is 0.423 e. The van der Waals surface area contributed by atoms with Gasteiger partial charge in [0.25, 0.3) is 0 Å². The van der Waals surface area contributed by atoms with Crippen LogP contribution in [0.3, 0.4) is 0 Å². The van der Waals surface area contributed by atoms with E-state index in [1.807, 2.05) is 0 Å². The van der Waals surface area contributed by atoms with Crippen LogP contribution in [0.2, 0.25) is 10.0 Å². The first kappa shape index (κ1) is 14.2. The first-order chi connectivity index (χ1) is 7.70. The van der Waals surface area contributed by atoms with Crippen LogP contribution in [0, 0.1) is 4.91 Å². The molecule has 8 heteroatoms. The summed E-state index contributed by atoms with van der Waals surface area (Å²) in [5.74, 6) is 0. The first-order valence-electron chi connectivity index (χ1n) is 4.25. The summed E-state index contributed by atoms with van der Waals surface area (Å²) in [6.45, 7) is -1.37. The minimum absolute atomic E-state index is 0.0823. The summed E-state index contributed by atoms with van der Waals surface area (Å²) in [6.07, 6.45) is -5.06. The second-order valence-corrected chi connectivity index (χ2v) is 4.18. The van der Waals surface area contributed by atoms with Crippen LogP contribution in [0.25, 0.3) is 0 Å². The molecule has 0 fully saturated rings. The van der Waals surface area contributed by atoms with E-state index in [0.29, 0.717) is 0 Å². The lowest BCUT2D eigenvalue weighted by Gasteiger charge is -2.28. The van der Waals surface area contributed by atoms with Crippen LogP contribution in [0.5, 0.6) is 0 Å². The SMILES string of the molecule is O=NCC(O)(c1cc(Cl)cc(Cl)c1)C(F)(F)F. The van der Waals surface area contributed by atoms with E-state index in [1.54, 1.807) is 0 Å². The van der Waals surface area contributed by atoms with Crippen molar-refractivity contribution in [3.05, 3.63) is 38.7 Å². The molecule has 0 spiro atoms. The molecular weight excluding hydrogens is 282 g/mol. The lowest BCUT2D eigenvalue weighted by atomic mass is 9.93. The fourth-order valence-corrected chi connectivity index (χ4v) is 1.76. The summed E-state index contributed by atoms with van der Waals surface area (Å²) in [7, 11) is 0. The Bertz CT molecular complexity index is 418. The van der Waals surface area contributed by atoms with E-state index in [1.165, 1.54) is 6.07 Å². The molecule has 0 heterocycles. The highest BCUT2D eigenvalue weighted by molar-refractivity contribution is 6.34. The number of benzene rings is 1. The standard InChI is InChI=1S/C9H6Cl2F3NO2/c10-6-1-5(2-7(11)3-6)8(16,4-15-17)9(12,13)14/h1-3,16H,4H2. The van der Waals surface area contributed by atoms with Crippen LogP contribution in [-0.4, -0.2) is 17.8 Å². The van der Waals surface area contributed by atoms with Gasteiger partial charge in [0.05, 0.1) is 0 Å². The van der Waals surface area contributed by atoms with E-state index in [-0.39, 0.29) is 10.0 Å². The highest BCUT2D eigenvalue weighted by atomic mass is 35.5. The molecule has 0 aliphatic rings. The number of halogens is 5. The Morgan fingerprint density at radius 2 is 1.65 bits per heavy atom. The summed E-state index contributed by atoms with van der Waals surface area (Å²) in [5, 5.41) is 11.5. The van der Waals surface area contributed by atoms with E-state index in [9.17, 15) is 23.2 Å².